The summed E-state index contributed by atoms with van der Waals surface area (Å²) >= 11 is 0. The van der Waals surface area contributed by atoms with E-state index in [0.29, 0.717) is 11.4 Å². The molecule has 1 N–H and O–H groups in total. The molecule has 0 aliphatic heterocycles. The van der Waals surface area contributed by atoms with Gasteiger partial charge in [-0.2, -0.15) is 5.26 Å². The predicted molar refractivity (Wildman–Crippen MR) is 90.9 cm³/mol. The van der Waals surface area contributed by atoms with Gasteiger partial charge in [0, 0.05) is 11.3 Å². The monoisotopic (exact) mass is 287 g/mol. The fourth-order valence-electron chi connectivity index (χ4n) is 2.84. The maximum atomic E-state index is 9.34. The van der Waals surface area contributed by atoms with Crippen molar-refractivity contribution in [1.82, 2.24) is 4.98 Å². The number of fused-ring (bicyclic) bond motifs is 1. The van der Waals surface area contributed by atoms with Crippen molar-refractivity contribution >= 4 is 23.7 Å². The number of benzene rings is 1. The Morgan fingerprint density at radius 3 is 2.68 bits per heavy atom. The lowest BCUT2D eigenvalue weighted by Crippen LogP contribution is -2.01. The molecule has 1 heterocycles. The topological polar surface area (TPSA) is 48.7 Å². The second kappa shape index (κ2) is 5.87. The van der Waals surface area contributed by atoms with Gasteiger partial charge in [-0.05, 0) is 54.7 Å². The van der Waals surface area contributed by atoms with Gasteiger partial charge in [-0.15, -0.1) is 0 Å². The molecule has 1 aromatic carbocycles. The molecule has 1 aromatic heterocycles. The van der Waals surface area contributed by atoms with E-state index in [-0.39, 0.29) is 0 Å². The number of nitrogens with zero attached hydrogens (tertiary/aromatic N) is 2. The second-order valence-electron chi connectivity index (χ2n) is 5.34. The van der Waals surface area contributed by atoms with Crippen molar-refractivity contribution in [3.63, 3.8) is 0 Å². The summed E-state index contributed by atoms with van der Waals surface area (Å²) in [6.07, 6.45) is 6.86. The molecule has 108 valence electrons. The molecule has 0 spiro atoms. The average molecular weight is 287 g/mol. The zero-order valence-corrected chi connectivity index (χ0v) is 12.4. The largest absolute Gasteiger partial charge is 0.339 e. The Kier molecular flexibility index (Phi) is 3.76. The summed E-state index contributed by atoms with van der Waals surface area (Å²) in [5.41, 5.74) is 5.80. The highest BCUT2D eigenvalue weighted by Gasteiger charge is 2.13. The summed E-state index contributed by atoms with van der Waals surface area (Å²) in [6, 6.07) is 10.3. The van der Waals surface area contributed by atoms with Gasteiger partial charge in [0.1, 0.15) is 11.9 Å². The normalized spacial score (nSPS) is 12.3. The Hall–Kier alpha value is -2.86. The highest BCUT2D eigenvalue weighted by molar-refractivity contribution is 5.70. The van der Waals surface area contributed by atoms with Gasteiger partial charge in [-0.1, -0.05) is 25.3 Å². The quantitative estimate of drug-likeness (QED) is 0.902. The molecule has 0 bridgehead atoms. The first kappa shape index (κ1) is 14.1. The zero-order chi connectivity index (χ0) is 15.5. The highest BCUT2D eigenvalue weighted by Crippen LogP contribution is 2.28. The van der Waals surface area contributed by atoms with Crippen LogP contribution in [0.25, 0.3) is 12.2 Å². The molecule has 0 atom stereocenters. The van der Waals surface area contributed by atoms with Gasteiger partial charge >= 0.3 is 0 Å². The minimum atomic E-state index is 0.501. The molecule has 0 saturated carbocycles. The summed E-state index contributed by atoms with van der Waals surface area (Å²) < 4.78 is 0. The van der Waals surface area contributed by atoms with Crippen molar-refractivity contribution in [3.8, 4) is 6.07 Å². The third-order valence-corrected chi connectivity index (χ3v) is 3.98. The molecular formula is C19H17N3. The van der Waals surface area contributed by atoms with E-state index < -0.39 is 0 Å². The Morgan fingerprint density at radius 2 is 1.95 bits per heavy atom. The number of rotatable bonds is 4. The lowest BCUT2D eigenvalue weighted by atomic mass is 10.1. The summed E-state index contributed by atoms with van der Waals surface area (Å²) in [5, 5.41) is 12.6. The molecule has 0 radical (unpaired) electrons. The number of hydrogen-bond donors (Lipinski definition) is 1. The number of pyridine rings is 1. The summed E-state index contributed by atoms with van der Waals surface area (Å²) in [7, 11) is 0. The first-order chi connectivity index (χ1) is 10.7. The third kappa shape index (κ3) is 2.51. The van der Waals surface area contributed by atoms with E-state index in [1.807, 2.05) is 6.07 Å². The Balaban J connectivity index is 1.99. The van der Waals surface area contributed by atoms with Crippen LogP contribution in [0.5, 0.6) is 0 Å². The van der Waals surface area contributed by atoms with E-state index in [1.54, 1.807) is 18.2 Å². The molecule has 1 aliphatic rings. The molecule has 3 heteroatoms. The summed E-state index contributed by atoms with van der Waals surface area (Å²) in [6.45, 7) is 7.52. The van der Waals surface area contributed by atoms with Crippen molar-refractivity contribution in [2.45, 2.75) is 19.3 Å². The molecule has 2 aromatic rings. The van der Waals surface area contributed by atoms with Crippen LogP contribution in [0.1, 0.15) is 34.4 Å². The second-order valence-corrected chi connectivity index (χ2v) is 5.34. The van der Waals surface area contributed by atoms with Crippen molar-refractivity contribution in [3.05, 3.63) is 65.4 Å². The van der Waals surface area contributed by atoms with Crippen LogP contribution in [-0.2, 0) is 12.8 Å². The molecule has 0 amide bonds. The fraction of sp³-hybridized carbons (Fsp3) is 0.158. The smallest absolute Gasteiger partial charge is 0.149 e. The van der Waals surface area contributed by atoms with E-state index in [2.05, 4.69) is 41.7 Å². The standard InChI is InChI=1S/C19H17N3/c1-3-13-10-16(12-20)19(22-18(13)4-2)21-17-9-8-14-6-5-7-15(14)11-17/h3-4,8-11H,1-2,5-7H2,(H,21,22). The van der Waals surface area contributed by atoms with Crippen LogP contribution in [0.4, 0.5) is 11.5 Å². The molecule has 0 unspecified atom stereocenters. The maximum Gasteiger partial charge on any atom is 0.149 e. The molecule has 0 fully saturated rings. The SMILES string of the molecule is C=Cc1cc(C#N)c(Nc2ccc3c(c2)CCC3)nc1C=C. The number of hydrogen-bond acceptors (Lipinski definition) is 3. The van der Waals surface area contributed by atoms with E-state index in [9.17, 15) is 5.26 Å². The molecular weight excluding hydrogens is 270 g/mol. The van der Waals surface area contributed by atoms with Gasteiger partial charge in [0.15, 0.2) is 0 Å². The van der Waals surface area contributed by atoms with Crippen LogP contribution in [0.3, 0.4) is 0 Å². The summed E-state index contributed by atoms with van der Waals surface area (Å²) in [5.74, 6) is 0.556. The minimum absolute atomic E-state index is 0.501. The highest BCUT2D eigenvalue weighted by atomic mass is 15.0. The fourth-order valence-corrected chi connectivity index (χ4v) is 2.84. The van der Waals surface area contributed by atoms with E-state index in [1.165, 1.54) is 17.5 Å². The first-order valence-corrected chi connectivity index (χ1v) is 7.34. The number of nitrogens with one attached hydrogen (secondary N) is 1. The van der Waals surface area contributed by atoms with Crippen molar-refractivity contribution in [2.24, 2.45) is 0 Å². The number of anilines is 2. The first-order valence-electron chi connectivity index (χ1n) is 7.34. The number of nitriles is 1. The van der Waals surface area contributed by atoms with Crippen molar-refractivity contribution in [1.29, 1.82) is 5.26 Å². The Bertz CT molecular complexity index is 797. The summed E-state index contributed by atoms with van der Waals surface area (Å²) in [4.78, 5) is 4.50. The number of aromatic nitrogens is 1. The predicted octanol–water partition coefficient (Wildman–Crippen LogP) is 4.47. The third-order valence-electron chi connectivity index (χ3n) is 3.98. The van der Waals surface area contributed by atoms with Gasteiger partial charge in [0.25, 0.3) is 0 Å². The van der Waals surface area contributed by atoms with Gasteiger partial charge in [-0.3, -0.25) is 0 Å². The van der Waals surface area contributed by atoms with Crippen LogP contribution < -0.4 is 5.32 Å². The Labute approximate surface area is 130 Å². The molecule has 1 aliphatic carbocycles. The van der Waals surface area contributed by atoms with Gasteiger partial charge < -0.3 is 5.32 Å². The molecule has 3 nitrogen and oxygen atoms in total. The van der Waals surface area contributed by atoms with E-state index >= 15 is 0 Å². The van der Waals surface area contributed by atoms with Crippen molar-refractivity contribution < 1.29 is 0 Å². The van der Waals surface area contributed by atoms with Crippen LogP contribution in [0.15, 0.2) is 37.4 Å². The van der Waals surface area contributed by atoms with E-state index in [4.69, 9.17) is 0 Å². The van der Waals surface area contributed by atoms with E-state index in [0.717, 1.165) is 29.8 Å². The Morgan fingerprint density at radius 1 is 1.14 bits per heavy atom. The van der Waals surface area contributed by atoms with Crippen LogP contribution in [0, 0.1) is 11.3 Å². The average Bonchev–Trinajstić information content (AvgIpc) is 3.02. The lowest BCUT2D eigenvalue weighted by Gasteiger charge is -2.11. The van der Waals surface area contributed by atoms with Gasteiger partial charge in [0.2, 0.25) is 0 Å². The molecule has 0 saturated heterocycles. The zero-order valence-electron chi connectivity index (χ0n) is 12.4. The lowest BCUT2D eigenvalue weighted by molar-refractivity contribution is 0.912. The van der Waals surface area contributed by atoms with Gasteiger partial charge in [-0.25, -0.2) is 4.98 Å². The van der Waals surface area contributed by atoms with Crippen molar-refractivity contribution in [2.75, 3.05) is 5.32 Å². The molecule has 3 rings (SSSR count). The molecule has 22 heavy (non-hydrogen) atoms. The van der Waals surface area contributed by atoms with Crippen LogP contribution in [-0.4, -0.2) is 4.98 Å². The number of aryl methyl sites for hydroxylation is 2. The van der Waals surface area contributed by atoms with Gasteiger partial charge in [0.05, 0.1) is 11.3 Å². The maximum absolute atomic E-state index is 9.34. The van der Waals surface area contributed by atoms with Crippen LogP contribution >= 0.6 is 0 Å². The van der Waals surface area contributed by atoms with Crippen LogP contribution in [0.2, 0.25) is 0 Å². The minimum Gasteiger partial charge on any atom is -0.339 e.